The first-order valence-electron chi connectivity index (χ1n) is 38.5. The van der Waals surface area contributed by atoms with E-state index >= 15 is 0 Å². The number of phenolic OH excluding ortho intramolecular Hbond substituents is 4. The van der Waals surface area contributed by atoms with Gasteiger partial charge in [0, 0.05) is 92.4 Å². The molecule has 1 aliphatic carbocycles. The number of aromatic hydroxyl groups is 4. The van der Waals surface area contributed by atoms with Gasteiger partial charge in [-0.3, -0.25) is 0 Å². The van der Waals surface area contributed by atoms with Gasteiger partial charge in [-0.05, 0) is 97.8 Å². The number of fused-ring (bicyclic) bond motifs is 4. The molecule has 4 N–H and O–H groups in total. The fourth-order valence-corrected chi connectivity index (χ4v) is 20.4. The fraction of sp³-hybridized carbons (Fsp3) is 0.571. The van der Waals surface area contributed by atoms with Crippen LogP contribution in [0.5, 0.6) is 46.0 Å². The van der Waals surface area contributed by atoms with E-state index in [9.17, 15) is 20.4 Å². The number of rotatable bonds is 42. The molecule has 6 aromatic rings. The summed E-state index contributed by atoms with van der Waals surface area (Å²) < 4.78 is 29.8. The lowest BCUT2D eigenvalue weighted by Crippen LogP contribution is -2.22. The third-order valence-corrected chi connectivity index (χ3v) is 26.8. The van der Waals surface area contributed by atoms with Gasteiger partial charge in [-0.2, -0.15) is 0 Å². The zero-order chi connectivity index (χ0) is 67.5. The Morgan fingerprint density at radius 2 is 0.469 bits per heavy atom. The quantitative estimate of drug-likeness (QED) is 0.0218. The highest BCUT2D eigenvalue weighted by molar-refractivity contribution is 8.14. The third kappa shape index (κ3) is 20.6. The Balaban J connectivity index is 1.29. The Labute approximate surface area is 589 Å². The smallest absolute Gasteiger partial charge is 0.319 e. The monoisotopic (exact) mass is 1380 g/mol. The zero-order valence-corrected chi connectivity index (χ0v) is 62.5. The lowest BCUT2D eigenvalue weighted by molar-refractivity contribution is 0.424. The number of benzene rings is 6. The van der Waals surface area contributed by atoms with Crippen LogP contribution in [-0.4, -0.2) is 20.4 Å². The van der Waals surface area contributed by atoms with Crippen molar-refractivity contribution in [2.75, 3.05) is 0 Å². The predicted octanol–water partition coefficient (Wildman–Crippen LogP) is 25.8. The molecule has 6 unspecified atom stereocenters. The molecule has 96 heavy (non-hydrogen) atoms. The molecule has 0 saturated heterocycles. The van der Waals surface area contributed by atoms with Crippen molar-refractivity contribution in [2.45, 2.75) is 308 Å². The van der Waals surface area contributed by atoms with Gasteiger partial charge in [-0.25, -0.2) is 0 Å². The standard InChI is InChI=1S/C84H118O8P2S2/c1-5-9-13-17-21-25-29-33-43-51-65-69-55-70(78(86)59-77(69)85)66(52-44-34-30-26-22-18-14-10-6-2)72-57-74-68(54-46-36-32-28-24-20-16-12-8-4)76-58-75-67(53-45-35-31-27-23-19-15-11-7-3)73-56-71(65)79(87)60-81(73)89-93(95,63-47-39-37-40-48-63)91-83(75)62-84(76)92-94(96,64-49-41-38-42-50-64)90-82(74)61-80(72)88/h37-42,47-50,55-62,65-68,85-88H,5-36,43-46,51-54H2,1-4H3. The molecular formula is C84H118O8P2S2. The summed E-state index contributed by atoms with van der Waals surface area (Å²) in [6.07, 6.45) is 44.9. The lowest BCUT2D eigenvalue weighted by Gasteiger charge is -2.37. The highest BCUT2D eigenvalue weighted by Crippen LogP contribution is 2.62. The van der Waals surface area contributed by atoms with Gasteiger partial charge in [0.05, 0.1) is 10.6 Å². The fourth-order valence-electron chi connectivity index (χ4n) is 15.5. The average Bonchev–Trinajstić information content (AvgIpc) is 0.733. The van der Waals surface area contributed by atoms with Crippen molar-refractivity contribution in [3.8, 4) is 46.0 Å². The Morgan fingerprint density at radius 3 is 0.740 bits per heavy atom. The minimum Gasteiger partial charge on any atom is -0.508 e. The van der Waals surface area contributed by atoms with Gasteiger partial charge in [0.25, 0.3) is 0 Å². The van der Waals surface area contributed by atoms with Crippen molar-refractivity contribution in [1.82, 2.24) is 0 Å². The highest BCUT2D eigenvalue weighted by Gasteiger charge is 2.41. The van der Waals surface area contributed by atoms with Crippen molar-refractivity contribution in [3.05, 3.63) is 154 Å². The molecule has 12 heteroatoms. The average molecular weight is 1380 g/mol. The van der Waals surface area contributed by atoms with Gasteiger partial charge in [0.15, 0.2) is 0 Å². The predicted molar refractivity (Wildman–Crippen MR) is 410 cm³/mol. The second-order valence-electron chi connectivity index (χ2n) is 28.5. The van der Waals surface area contributed by atoms with Crippen LogP contribution in [0, 0.1) is 0 Å². The molecule has 0 saturated carbocycles. The Hall–Kier alpha value is -4.98. The van der Waals surface area contributed by atoms with E-state index in [4.69, 9.17) is 41.7 Å². The number of phenols is 4. The van der Waals surface area contributed by atoms with E-state index in [1.807, 2.05) is 66.7 Å². The first kappa shape index (κ1) is 75.2. The molecule has 0 fully saturated rings. The van der Waals surface area contributed by atoms with E-state index in [1.165, 1.54) is 160 Å². The summed E-state index contributed by atoms with van der Waals surface area (Å²) in [6, 6.07) is 35.8. The van der Waals surface area contributed by atoms with Gasteiger partial charge in [0.1, 0.15) is 46.0 Å². The molecule has 0 aromatic heterocycles. The maximum atomic E-state index is 13.0. The Kier molecular flexibility index (Phi) is 30.7. The molecule has 9 rings (SSSR count). The van der Waals surface area contributed by atoms with Crippen molar-refractivity contribution < 1.29 is 38.5 Å². The summed E-state index contributed by atoms with van der Waals surface area (Å²) in [4.78, 5) is 0. The third-order valence-electron chi connectivity index (χ3n) is 21.0. The SMILES string of the molecule is CCCCCCCCCCCC1c2cc(c(O)cc2O)C(CCCCCCCCCCC)c2cc3c(cc2O)OP(=S)(c2ccccc2)Oc2cc4c(cc2C3CCCCCCCCCCC)C(CCCCCCCCCCC)c2cc1c(O)cc2OP(=S)(c1ccccc1)O4. The Bertz CT molecular complexity index is 3210. The summed E-state index contributed by atoms with van der Waals surface area (Å²) in [5, 5.41) is 52.8. The van der Waals surface area contributed by atoms with Crippen LogP contribution in [0.15, 0.2) is 109 Å². The van der Waals surface area contributed by atoms with Crippen molar-refractivity contribution in [2.24, 2.45) is 0 Å². The molecule has 2 heterocycles. The van der Waals surface area contributed by atoms with Crippen molar-refractivity contribution >= 4 is 47.2 Å². The van der Waals surface area contributed by atoms with Gasteiger partial charge >= 0.3 is 13.0 Å². The van der Waals surface area contributed by atoms with Crippen LogP contribution in [0.3, 0.4) is 0 Å². The number of unbranched alkanes of at least 4 members (excludes halogenated alkanes) is 32. The van der Waals surface area contributed by atoms with Crippen molar-refractivity contribution in [1.29, 1.82) is 0 Å². The molecule has 0 spiro atoms. The van der Waals surface area contributed by atoms with Crippen molar-refractivity contribution in [3.63, 3.8) is 0 Å². The molecule has 2 aliphatic heterocycles. The first-order valence-corrected chi connectivity index (χ1v) is 43.7. The van der Waals surface area contributed by atoms with Crippen LogP contribution >= 0.6 is 13.0 Å². The second-order valence-corrected chi connectivity index (χ2v) is 35.1. The normalized spacial score (nSPS) is 19.3. The van der Waals surface area contributed by atoms with E-state index in [1.54, 1.807) is 12.1 Å². The van der Waals surface area contributed by atoms with Crippen LogP contribution < -0.4 is 28.7 Å². The van der Waals surface area contributed by atoms with Crippen LogP contribution in [0.25, 0.3) is 0 Å². The number of hydrogen-bond donors (Lipinski definition) is 4. The topological polar surface area (TPSA) is 118 Å². The maximum absolute atomic E-state index is 13.0. The van der Waals surface area contributed by atoms with Crippen LogP contribution in [0.1, 0.15) is 353 Å². The van der Waals surface area contributed by atoms with E-state index in [-0.39, 0.29) is 34.8 Å². The summed E-state index contributed by atoms with van der Waals surface area (Å²) in [7, 11) is 0. The van der Waals surface area contributed by atoms with Gasteiger partial charge in [-0.1, -0.05) is 295 Å². The summed E-state index contributed by atoms with van der Waals surface area (Å²) in [6.45, 7) is 2.06. The summed E-state index contributed by atoms with van der Waals surface area (Å²) in [5.41, 5.74) is 6.51. The Morgan fingerprint density at radius 1 is 0.260 bits per heavy atom. The molecule has 0 radical (unpaired) electrons. The minimum absolute atomic E-state index is 0.0206. The highest BCUT2D eigenvalue weighted by atomic mass is 32.5. The second kappa shape index (κ2) is 39.1. The summed E-state index contributed by atoms with van der Waals surface area (Å²) in [5.74, 6) is 0.702. The zero-order valence-electron chi connectivity index (χ0n) is 59.1. The maximum Gasteiger partial charge on any atom is 0.319 e. The van der Waals surface area contributed by atoms with Crippen LogP contribution in [0.2, 0.25) is 0 Å². The van der Waals surface area contributed by atoms with Crippen LogP contribution in [-0.2, 0) is 23.6 Å². The van der Waals surface area contributed by atoms with E-state index in [2.05, 4.69) is 52.0 Å². The molecule has 8 nitrogen and oxygen atoms in total. The molecule has 0 amide bonds. The van der Waals surface area contributed by atoms with E-state index in [0.29, 0.717) is 58.1 Å². The van der Waals surface area contributed by atoms with Crippen LogP contribution in [0.4, 0.5) is 0 Å². The molecule has 3 aliphatic rings. The summed E-state index contributed by atoms with van der Waals surface area (Å²) >= 11 is 13.7. The first-order chi connectivity index (χ1) is 46.9. The number of hydrogen-bond acceptors (Lipinski definition) is 10. The van der Waals surface area contributed by atoms with E-state index < -0.39 is 24.8 Å². The molecule has 8 bridgehead atoms. The molecule has 6 aromatic carbocycles. The lowest BCUT2D eigenvalue weighted by atomic mass is 9.76. The minimum atomic E-state index is -3.51. The van der Waals surface area contributed by atoms with Gasteiger partial charge in [0.2, 0.25) is 0 Å². The van der Waals surface area contributed by atoms with Gasteiger partial charge in [-0.15, -0.1) is 0 Å². The largest absolute Gasteiger partial charge is 0.508 e. The van der Waals surface area contributed by atoms with Gasteiger partial charge < -0.3 is 38.5 Å². The molecular weight excluding hydrogens is 1260 g/mol. The van der Waals surface area contributed by atoms with E-state index in [0.717, 1.165) is 123 Å². The molecule has 6 atom stereocenters. The molecule has 524 valence electrons.